The molecule has 1 fully saturated rings. The molecule has 0 N–H and O–H groups in total. The van der Waals surface area contributed by atoms with Crippen molar-refractivity contribution in [2.24, 2.45) is 5.10 Å². The molecule has 1 unspecified atom stereocenters. The van der Waals surface area contributed by atoms with Crippen LogP contribution >= 0.6 is 11.6 Å². The quantitative estimate of drug-likeness (QED) is 0.685. The summed E-state index contributed by atoms with van der Waals surface area (Å²) in [7, 11) is 3.23. The van der Waals surface area contributed by atoms with E-state index in [-0.39, 0.29) is 18.5 Å². The van der Waals surface area contributed by atoms with Crippen LogP contribution in [0.15, 0.2) is 47.6 Å². The van der Waals surface area contributed by atoms with Gasteiger partial charge in [-0.2, -0.15) is 5.10 Å². The summed E-state index contributed by atoms with van der Waals surface area (Å²) < 4.78 is 16.4. The first-order valence-corrected chi connectivity index (χ1v) is 10.6. The first-order chi connectivity index (χ1) is 15.1. The van der Waals surface area contributed by atoms with E-state index >= 15 is 0 Å². The number of methoxy groups -OCH3 is 2. The van der Waals surface area contributed by atoms with E-state index in [0.717, 1.165) is 29.9 Å². The summed E-state index contributed by atoms with van der Waals surface area (Å²) in [5, 5.41) is 6.93. The Balaban J connectivity index is 1.67. The van der Waals surface area contributed by atoms with Gasteiger partial charge in [-0.25, -0.2) is 5.01 Å². The molecule has 0 radical (unpaired) electrons. The minimum Gasteiger partial charge on any atom is -0.497 e. The number of hydrogen-bond donors (Lipinski definition) is 0. The van der Waals surface area contributed by atoms with Crippen LogP contribution in [0.4, 0.5) is 0 Å². The van der Waals surface area contributed by atoms with Crippen molar-refractivity contribution in [3.8, 4) is 11.5 Å². The van der Waals surface area contributed by atoms with Gasteiger partial charge in [0.1, 0.15) is 11.5 Å². The first-order valence-electron chi connectivity index (χ1n) is 10.3. The summed E-state index contributed by atoms with van der Waals surface area (Å²) in [5.74, 6) is 1.29. The van der Waals surface area contributed by atoms with E-state index in [9.17, 15) is 4.79 Å². The molecule has 1 atom stereocenters. The van der Waals surface area contributed by atoms with Gasteiger partial charge in [0.25, 0.3) is 5.91 Å². The minimum atomic E-state index is -0.291. The Kier molecular flexibility index (Phi) is 6.75. The summed E-state index contributed by atoms with van der Waals surface area (Å²) in [6.07, 6.45) is 0.543. The molecule has 0 aromatic heterocycles. The van der Waals surface area contributed by atoms with Gasteiger partial charge in [0.05, 0.1) is 45.7 Å². The molecule has 1 amide bonds. The molecule has 31 heavy (non-hydrogen) atoms. The molecule has 2 aliphatic rings. The second-order valence-electron chi connectivity index (χ2n) is 7.48. The number of amides is 1. The van der Waals surface area contributed by atoms with Gasteiger partial charge in [0, 0.05) is 41.7 Å². The molecule has 0 aliphatic carbocycles. The van der Waals surface area contributed by atoms with Crippen molar-refractivity contribution in [2.45, 2.75) is 12.5 Å². The van der Waals surface area contributed by atoms with E-state index in [4.69, 9.17) is 30.9 Å². The van der Waals surface area contributed by atoms with E-state index in [2.05, 4.69) is 4.90 Å². The van der Waals surface area contributed by atoms with Gasteiger partial charge < -0.3 is 14.2 Å². The lowest BCUT2D eigenvalue weighted by Gasteiger charge is -2.29. The Morgan fingerprint density at radius 3 is 2.65 bits per heavy atom. The second kappa shape index (κ2) is 9.68. The number of halogens is 1. The van der Waals surface area contributed by atoms with E-state index < -0.39 is 0 Å². The Labute approximate surface area is 187 Å². The normalized spacial score (nSPS) is 19.3. The van der Waals surface area contributed by atoms with E-state index in [1.54, 1.807) is 19.2 Å². The molecule has 0 saturated carbocycles. The molecule has 2 aromatic rings. The average molecular weight is 444 g/mol. The van der Waals surface area contributed by atoms with Crippen molar-refractivity contribution >= 4 is 23.2 Å². The molecule has 164 valence electrons. The second-order valence-corrected chi connectivity index (χ2v) is 7.89. The van der Waals surface area contributed by atoms with Crippen molar-refractivity contribution in [3.05, 3.63) is 58.6 Å². The van der Waals surface area contributed by atoms with Crippen molar-refractivity contribution < 1.29 is 19.0 Å². The largest absolute Gasteiger partial charge is 0.497 e. The Morgan fingerprint density at radius 2 is 1.94 bits per heavy atom. The highest BCUT2D eigenvalue weighted by molar-refractivity contribution is 6.34. The number of carbonyl (C=O) groups excluding carboxylic acids is 1. The molecule has 0 bridgehead atoms. The van der Waals surface area contributed by atoms with Gasteiger partial charge in [-0.3, -0.25) is 9.69 Å². The SMILES string of the molecule is COc1ccc(C2CC(c3ccccc3Cl)=NN2C(=O)CN2CCOCC2)c(OC)c1. The number of rotatable bonds is 6. The van der Waals surface area contributed by atoms with Crippen LogP contribution in [0.3, 0.4) is 0 Å². The lowest BCUT2D eigenvalue weighted by atomic mass is 9.97. The minimum absolute atomic E-state index is 0.0631. The van der Waals surface area contributed by atoms with Crippen LogP contribution < -0.4 is 9.47 Å². The standard InChI is InChI=1S/C23H26ClN3O4/c1-29-16-7-8-18(22(13-16)30-2)21-14-20(17-5-3-4-6-19(17)24)25-27(21)23(28)15-26-9-11-31-12-10-26/h3-8,13,21H,9-12,14-15H2,1-2H3. The molecule has 0 spiro atoms. The molecule has 8 heteroatoms. The smallest absolute Gasteiger partial charge is 0.257 e. The maximum absolute atomic E-state index is 13.3. The van der Waals surface area contributed by atoms with Crippen molar-refractivity contribution in [1.29, 1.82) is 0 Å². The summed E-state index contributed by atoms with van der Waals surface area (Å²) in [4.78, 5) is 15.4. The third-order valence-electron chi connectivity index (χ3n) is 5.61. The summed E-state index contributed by atoms with van der Waals surface area (Å²) in [5.41, 5.74) is 2.50. The molecule has 7 nitrogen and oxygen atoms in total. The number of hydrazone groups is 1. The van der Waals surface area contributed by atoms with Crippen LogP contribution in [0.25, 0.3) is 0 Å². The highest BCUT2D eigenvalue weighted by Crippen LogP contribution is 2.39. The fraction of sp³-hybridized carbons (Fsp3) is 0.391. The monoisotopic (exact) mass is 443 g/mol. The van der Waals surface area contributed by atoms with Gasteiger partial charge in [-0.1, -0.05) is 29.8 Å². The van der Waals surface area contributed by atoms with Crippen LogP contribution in [-0.4, -0.2) is 68.6 Å². The first kappa shape index (κ1) is 21.6. The van der Waals surface area contributed by atoms with Crippen molar-refractivity contribution in [3.63, 3.8) is 0 Å². The molecular formula is C23H26ClN3O4. The van der Waals surface area contributed by atoms with Crippen LogP contribution in [0.1, 0.15) is 23.6 Å². The third kappa shape index (κ3) is 4.69. The van der Waals surface area contributed by atoms with Crippen LogP contribution in [0.2, 0.25) is 5.02 Å². The topological polar surface area (TPSA) is 63.6 Å². The molecule has 1 saturated heterocycles. The van der Waals surface area contributed by atoms with Gasteiger partial charge >= 0.3 is 0 Å². The highest BCUT2D eigenvalue weighted by Gasteiger charge is 2.36. The van der Waals surface area contributed by atoms with E-state index in [1.807, 2.05) is 42.5 Å². The summed E-state index contributed by atoms with van der Waals surface area (Å²) >= 11 is 6.43. The summed E-state index contributed by atoms with van der Waals surface area (Å²) in [6, 6.07) is 12.9. The van der Waals surface area contributed by atoms with Gasteiger partial charge in [-0.15, -0.1) is 0 Å². The van der Waals surface area contributed by atoms with Crippen LogP contribution in [0, 0.1) is 0 Å². The number of morpholine rings is 1. The van der Waals surface area contributed by atoms with Crippen molar-refractivity contribution in [2.75, 3.05) is 47.1 Å². The maximum atomic E-state index is 13.3. The Bertz CT molecular complexity index is 975. The zero-order valence-corrected chi connectivity index (χ0v) is 18.5. The molecule has 2 aromatic carbocycles. The molecule has 2 heterocycles. The predicted octanol–water partition coefficient (Wildman–Crippen LogP) is 3.37. The lowest BCUT2D eigenvalue weighted by Crippen LogP contribution is -2.43. The fourth-order valence-electron chi connectivity index (χ4n) is 3.96. The summed E-state index contributed by atoms with van der Waals surface area (Å²) in [6.45, 7) is 3.03. The molecular weight excluding hydrogens is 418 g/mol. The third-order valence-corrected chi connectivity index (χ3v) is 5.94. The number of ether oxygens (including phenoxy) is 3. The number of carbonyl (C=O) groups is 1. The lowest BCUT2D eigenvalue weighted by molar-refractivity contribution is -0.135. The van der Waals surface area contributed by atoms with E-state index in [0.29, 0.717) is 36.2 Å². The molecule has 2 aliphatic heterocycles. The van der Waals surface area contributed by atoms with Gasteiger partial charge in [0.2, 0.25) is 0 Å². The van der Waals surface area contributed by atoms with Crippen LogP contribution in [0.5, 0.6) is 11.5 Å². The number of nitrogens with zero attached hydrogens (tertiary/aromatic N) is 3. The number of benzene rings is 2. The predicted molar refractivity (Wildman–Crippen MR) is 119 cm³/mol. The Morgan fingerprint density at radius 1 is 1.16 bits per heavy atom. The Hall–Kier alpha value is -2.61. The van der Waals surface area contributed by atoms with E-state index in [1.165, 1.54) is 0 Å². The van der Waals surface area contributed by atoms with Gasteiger partial charge in [0.15, 0.2) is 0 Å². The zero-order valence-electron chi connectivity index (χ0n) is 17.7. The highest BCUT2D eigenvalue weighted by atomic mass is 35.5. The van der Waals surface area contributed by atoms with Crippen LogP contribution in [-0.2, 0) is 9.53 Å². The maximum Gasteiger partial charge on any atom is 0.257 e. The zero-order chi connectivity index (χ0) is 21.8. The molecule has 4 rings (SSSR count). The van der Waals surface area contributed by atoms with Crippen molar-refractivity contribution in [1.82, 2.24) is 9.91 Å². The average Bonchev–Trinajstić information content (AvgIpc) is 3.24. The number of hydrogen-bond acceptors (Lipinski definition) is 6. The van der Waals surface area contributed by atoms with Gasteiger partial charge in [-0.05, 0) is 18.2 Å². The fourth-order valence-corrected chi connectivity index (χ4v) is 4.20.